The molecule has 28 heavy (non-hydrogen) atoms. The lowest BCUT2D eigenvalue weighted by Crippen LogP contribution is -2.39. The first-order valence-corrected chi connectivity index (χ1v) is 11.0. The van der Waals surface area contributed by atoms with Crippen molar-refractivity contribution in [2.45, 2.75) is 24.4 Å². The van der Waals surface area contributed by atoms with Crippen LogP contribution in [-0.4, -0.2) is 39.7 Å². The molecule has 0 atom stereocenters. The molecule has 2 aromatic carbocycles. The number of thioether (sulfide) groups is 1. The van der Waals surface area contributed by atoms with Gasteiger partial charge in [-0.25, -0.2) is 4.98 Å². The predicted octanol–water partition coefficient (Wildman–Crippen LogP) is 4.69. The van der Waals surface area contributed by atoms with E-state index in [1.165, 1.54) is 5.56 Å². The summed E-state index contributed by atoms with van der Waals surface area (Å²) < 4.78 is 1.98. The minimum Gasteiger partial charge on any atom is -0.337 e. The Morgan fingerprint density at radius 2 is 1.68 bits per heavy atom. The highest BCUT2D eigenvalue weighted by atomic mass is 32.2. The molecule has 0 bridgehead atoms. The number of benzene rings is 2. The Labute approximate surface area is 170 Å². The van der Waals surface area contributed by atoms with E-state index in [1.807, 2.05) is 46.1 Å². The SMILES string of the molecule is CSc1ncc(C(=O)N2CCC(Cc3ccccc3)CC2)n1-c1ccccc1. The quantitative estimate of drug-likeness (QED) is 0.592. The van der Waals surface area contributed by atoms with Crippen molar-refractivity contribution in [3.63, 3.8) is 0 Å². The number of aromatic nitrogens is 2. The lowest BCUT2D eigenvalue weighted by atomic mass is 9.90. The Kier molecular flexibility index (Phi) is 5.81. The van der Waals surface area contributed by atoms with E-state index in [0.29, 0.717) is 11.6 Å². The lowest BCUT2D eigenvalue weighted by Gasteiger charge is -2.32. The molecule has 1 aliphatic heterocycles. The van der Waals surface area contributed by atoms with Gasteiger partial charge in [0.15, 0.2) is 5.16 Å². The van der Waals surface area contributed by atoms with Gasteiger partial charge in [0.1, 0.15) is 5.69 Å². The second-order valence-electron chi connectivity index (χ2n) is 7.23. The average molecular weight is 392 g/mol. The summed E-state index contributed by atoms with van der Waals surface area (Å²) in [6.07, 6.45) is 6.91. The fourth-order valence-electron chi connectivity index (χ4n) is 3.91. The van der Waals surface area contributed by atoms with Gasteiger partial charge < -0.3 is 4.90 Å². The Hall–Kier alpha value is -2.53. The Bertz CT molecular complexity index is 916. The van der Waals surface area contributed by atoms with E-state index in [1.54, 1.807) is 18.0 Å². The van der Waals surface area contributed by atoms with Crippen LogP contribution in [0.25, 0.3) is 5.69 Å². The first-order chi connectivity index (χ1) is 13.8. The molecular weight excluding hydrogens is 366 g/mol. The number of para-hydroxylation sites is 1. The molecule has 3 aromatic rings. The first kappa shape index (κ1) is 18.8. The number of hydrogen-bond donors (Lipinski definition) is 0. The number of hydrogen-bond acceptors (Lipinski definition) is 3. The van der Waals surface area contributed by atoms with Crippen molar-refractivity contribution < 1.29 is 4.79 Å². The molecule has 0 saturated carbocycles. The van der Waals surface area contributed by atoms with Gasteiger partial charge in [0.25, 0.3) is 5.91 Å². The minimum absolute atomic E-state index is 0.0785. The minimum atomic E-state index is 0.0785. The fourth-order valence-corrected chi connectivity index (χ4v) is 4.45. The maximum absolute atomic E-state index is 13.2. The van der Waals surface area contributed by atoms with Gasteiger partial charge in [-0.05, 0) is 49.1 Å². The molecule has 4 nitrogen and oxygen atoms in total. The van der Waals surface area contributed by atoms with E-state index < -0.39 is 0 Å². The van der Waals surface area contributed by atoms with Crippen LogP contribution in [0, 0.1) is 5.92 Å². The molecule has 0 spiro atoms. The lowest BCUT2D eigenvalue weighted by molar-refractivity contribution is 0.0682. The number of piperidine rings is 1. The van der Waals surface area contributed by atoms with Crippen LogP contribution >= 0.6 is 11.8 Å². The van der Waals surface area contributed by atoms with Crippen molar-refractivity contribution in [3.05, 3.63) is 78.1 Å². The van der Waals surface area contributed by atoms with Gasteiger partial charge in [-0.15, -0.1) is 0 Å². The number of amides is 1. The molecule has 1 saturated heterocycles. The van der Waals surface area contributed by atoms with Crippen LogP contribution < -0.4 is 0 Å². The van der Waals surface area contributed by atoms with Crippen molar-refractivity contribution in [2.24, 2.45) is 5.92 Å². The normalized spacial score (nSPS) is 15.0. The smallest absolute Gasteiger partial charge is 0.272 e. The summed E-state index contributed by atoms with van der Waals surface area (Å²) in [4.78, 5) is 19.7. The molecule has 0 aliphatic carbocycles. The van der Waals surface area contributed by atoms with Crippen LogP contribution in [0.1, 0.15) is 28.9 Å². The zero-order valence-electron chi connectivity index (χ0n) is 16.1. The summed E-state index contributed by atoms with van der Waals surface area (Å²) in [6, 6.07) is 20.6. The van der Waals surface area contributed by atoms with Gasteiger partial charge >= 0.3 is 0 Å². The standard InChI is InChI=1S/C23H25N3OS/c1-28-23-24-17-21(26(23)20-10-6-3-7-11-20)22(27)25-14-12-19(13-15-25)16-18-8-4-2-5-9-18/h2-11,17,19H,12-16H2,1H3. The summed E-state index contributed by atoms with van der Waals surface area (Å²) in [5, 5.41) is 0.841. The number of rotatable bonds is 5. The number of carbonyl (C=O) groups is 1. The Morgan fingerprint density at radius 1 is 1.04 bits per heavy atom. The second-order valence-corrected chi connectivity index (χ2v) is 8.00. The van der Waals surface area contributed by atoms with Crippen molar-refractivity contribution in [3.8, 4) is 5.69 Å². The third kappa shape index (κ3) is 3.99. The molecule has 0 N–H and O–H groups in total. The van der Waals surface area contributed by atoms with Crippen LogP contribution in [0.3, 0.4) is 0 Å². The number of likely N-dealkylation sites (tertiary alicyclic amines) is 1. The Morgan fingerprint density at radius 3 is 2.32 bits per heavy atom. The van der Waals surface area contributed by atoms with E-state index in [2.05, 4.69) is 35.3 Å². The molecule has 1 aromatic heterocycles. The Balaban J connectivity index is 1.47. The fraction of sp³-hybridized carbons (Fsp3) is 0.304. The maximum Gasteiger partial charge on any atom is 0.272 e. The molecule has 5 heteroatoms. The van der Waals surface area contributed by atoms with Crippen LogP contribution in [0.2, 0.25) is 0 Å². The maximum atomic E-state index is 13.2. The molecule has 1 aliphatic rings. The topological polar surface area (TPSA) is 38.1 Å². The number of imidazole rings is 1. The van der Waals surface area contributed by atoms with Gasteiger partial charge in [-0.3, -0.25) is 9.36 Å². The number of carbonyl (C=O) groups excluding carboxylic acids is 1. The summed E-state index contributed by atoms with van der Waals surface area (Å²) in [5.41, 5.74) is 3.02. The van der Waals surface area contributed by atoms with E-state index >= 15 is 0 Å². The molecule has 0 radical (unpaired) electrons. The van der Waals surface area contributed by atoms with E-state index in [9.17, 15) is 4.79 Å². The number of nitrogens with zero attached hydrogens (tertiary/aromatic N) is 3. The monoisotopic (exact) mass is 391 g/mol. The molecule has 2 heterocycles. The highest BCUT2D eigenvalue weighted by Crippen LogP contribution is 2.26. The van der Waals surface area contributed by atoms with Gasteiger partial charge in [-0.2, -0.15) is 0 Å². The van der Waals surface area contributed by atoms with Crippen LogP contribution in [-0.2, 0) is 6.42 Å². The third-order valence-corrected chi connectivity index (χ3v) is 6.07. The highest BCUT2D eigenvalue weighted by molar-refractivity contribution is 7.98. The van der Waals surface area contributed by atoms with Crippen molar-refractivity contribution >= 4 is 17.7 Å². The van der Waals surface area contributed by atoms with Gasteiger partial charge in [0, 0.05) is 18.8 Å². The first-order valence-electron chi connectivity index (χ1n) is 9.76. The predicted molar refractivity (Wildman–Crippen MR) is 114 cm³/mol. The molecule has 1 fully saturated rings. The van der Waals surface area contributed by atoms with Crippen molar-refractivity contribution in [1.82, 2.24) is 14.5 Å². The largest absolute Gasteiger partial charge is 0.337 e. The molecule has 144 valence electrons. The van der Waals surface area contributed by atoms with Gasteiger partial charge in [0.2, 0.25) is 0 Å². The average Bonchev–Trinajstić information content (AvgIpc) is 3.19. The molecule has 4 rings (SSSR count). The third-order valence-electron chi connectivity index (χ3n) is 5.41. The van der Waals surface area contributed by atoms with Gasteiger partial charge in [-0.1, -0.05) is 60.3 Å². The molecule has 1 amide bonds. The van der Waals surface area contributed by atoms with Crippen LogP contribution in [0.15, 0.2) is 72.0 Å². The molecule has 0 unspecified atom stereocenters. The molecular formula is C23H25N3OS. The van der Waals surface area contributed by atoms with E-state index in [0.717, 1.165) is 43.2 Å². The van der Waals surface area contributed by atoms with E-state index in [4.69, 9.17) is 0 Å². The van der Waals surface area contributed by atoms with Gasteiger partial charge in [0.05, 0.1) is 6.20 Å². The van der Waals surface area contributed by atoms with Crippen molar-refractivity contribution in [2.75, 3.05) is 19.3 Å². The van der Waals surface area contributed by atoms with E-state index in [-0.39, 0.29) is 5.91 Å². The summed E-state index contributed by atoms with van der Waals surface area (Å²) >= 11 is 1.56. The second kappa shape index (κ2) is 8.65. The summed E-state index contributed by atoms with van der Waals surface area (Å²) in [7, 11) is 0. The zero-order valence-corrected chi connectivity index (χ0v) is 16.9. The highest BCUT2D eigenvalue weighted by Gasteiger charge is 2.27. The van der Waals surface area contributed by atoms with Crippen LogP contribution in [0.4, 0.5) is 0 Å². The summed E-state index contributed by atoms with van der Waals surface area (Å²) in [6.45, 7) is 1.62. The van der Waals surface area contributed by atoms with Crippen molar-refractivity contribution in [1.29, 1.82) is 0 Å². The zero-order chi connectivity index (χ0) is 19.3. The van der Waals surface area contributed by atoms with Crippen LogP contribution in [0.5, 0.6) is 0 Å². The summed E-state index contributed by atoms with van der Waals surface area (Å²) in [5.74, 6) is 0.724.